The first-order valence-electron chi connectivity index (χ1n) is 6.72. The monoisotopic (exact) mass is 196 g/mol. The number of rotatable bonds is 1. The van der Waals surface area contributed by atoms with Gasteiger partial charge in [-0.2, -0.15) is 0 Å². The van der Waals surface area contributed by atoms with Crippen LogP contribution in [0.2, 0.25) is 0 Å². The Kier molecular flexibility index (Phi) is 4.47. The number of hydrogen-bond donors (Lipinski definition) is 0. The smallest absolute Gasteiger partial charge is 0.0295 e. The molecule has 0 aromatic rings. The average molecular weight is 196 g/mol. The first kappa shape index (κ1) is 12.1. The molecule has 2 aliphatic carbocycles. The first-order valence-corrected chi connectivity index (χ1v) is 6.72. The summed E-state index contributed by atoms with van der Waals surface area (Å²) < 4.78 is 0. The highest BCUT2D eigenvalue weighted by Gasteiger charge is 2.41. The van der Waals surface area contributed by atoms with E-state index in [0.29, 0.717) is 0 Å². The third-order valence-electron chi connectivity index (χ3n) is 4.35. The van der Waals surface area contributed by atoms with Gasteiger partial charge in [0.05, 0.1) is 0 Å². The maximum Gasteiger partial charge on any atom is -0.0295 e. The van der Waals surface area contributed by atoms with Crippen molar-refractivity contribution in [3.05, 3.63) is 0 Å². The minimum absolute atomic E-state index is 0.842. The maximum absolute atomic E-state index is 2.40. The van der Waals surface area contributed by atoms with Crippen LogP contribution in [0.15, 0.2) is 0 Å². The molecular weight excluding hydrogens is 168 g/mol. The van der Waals surface area contributed by atoms with Crippen LogP contribution in [0.4, 0.5) is 0 Å². The molecule has 0 aliphatic heterocycles. The van der Waals surface area contributed by atoms with Crippen molar-refractivity contribution < 1.29 is 0 Å². The van der Waals surface area contributed by atoms with Crippen molar-refractivity contribution in [1.82, 2.24) is 0 Å². The van der Waals surface area contributed by atoms with Gasteiger partial charge in [-0.3, -0.25) is 0 Å². The Morgan fingerprint density at radius 3 is 2.00 bits per heavy atom. The molecule has 84 valence electrons. The lowest BCUT2D eigenvalue weighted by Crippen LogP contribution is -2.12. The van der Waals surface area contributed by atoms with Crippen LogP contribution in [0.5, 0.6) is 0 Å². The minimum Gasteiger partial charge on any atom is -0.0683 e. The van der Waals surface area contributed by atoms with E-state index in [4.69, 9.17) is 0 Å². The van der Waals surface area contributed by atoms with Crippen molar-refractivity contribution in [3.8, 4) is 0 Å². The average Bonchev–Trinajstić information content (AvgIpc) is 2.81. The Labute approximate surface area is 90.5 Å². The molecule has 1 spiro atoms. The summed E-state index contributed by atoms with van der Waals surface area (Å²) in [4.78, 5) is 0. The molecule has 0 heteroatoms. The van der Waals surface area contributed by atoms with E-state index >= 15 is 0 Å². The molecule has 0 heterocycles. The zero-order valence-electron chi connectivity index (χ0n) is 10.6. The summed E-state index contributed by atoms with van der Waals surface area (Å²) in [6.45, 7) is 8.80. The molecule has 0 saturated heterocycles. The van der Waals surface area contributed by atoms with Gasteiger partial charge in [-0.1, -0.05) is 40.5 Å². The molecule has 2 aliphatic rings. The van der Waals surface area contributed by atoms with E-state index in [1.165, 1.54) is 19.3 Å². The van der Waals surface area contributed by atoms with Crippen molar-refractivity contribution >= 4 is 0 Å². The lowest BCUT2D eigenvalue weighted by Gasteiger charge is -2.23. The topological polar surface area (TPSA) is 0 Å². The predicted molar refractivity (Wildman–Crippen MR) is 64.4 cm³/mol. The van der Waals surface area contributed by atoms with E-state index in [1.54, 1.807) is 25.7 Å². The summed E-state index contributed by atoms with van der Waals surface area (Å²) in [6, 6.07) is 0. The van der Waals surface area contributed by atoms with Crippen LogP contribution in [-0.4, -0.2) is 0 Å². The molecule has 1 atom stereocenters. The van der Waals surface area contributed by atoms with Crippen LogP contribution in [-0.2, 0) is 0 Å². The Morgan fingerprint density at radius 1 is 1.00 bits per heavy atom. The van der Waals surface area contributed by atoms with Crippen LogP contribution in [0, 0.1) is 17.3 Å². The second-order valence-corrected chi connectivity index (χ2v) is 5.45. The lowest BCUT2D eigenvalue weighted by molar-refractivity contribution is 0.275. The van der Waals surface area contributed by atoms with Gasteiger partial charge in [0.15, 0.2) is 0 Å². The summed E-state index contributed by atoms with van der Waals surface area (Å²) >= 11 is 0. The van der Waals surface area contributed by atoms with E-state index in [-0.39, 0.29) is 0 Å². The fourth-order valence-electron chi connectivity index (χ4n) is 3.40. The van der Waals surface area contributed by atoms with E-state index in [0.717, 1.165) is 17.3 Å². The highest BCUT2D eigenvalue weighted by atomic mass is 14.5. The van der Waals surface area contributed by atoms with Crippen molar-refractivity contribution in [2.75, 3.05) is 0 Å². The van der Waals surface area contributed by atoms with Gasteiger partial charge in [-0.05, 0) is 49.4 Å². The Balaban J connectivity index is 0.000000461. The molecule has 0 aromatic carbocycles. The van der Waals surface area contributed by atoms with E-state index in [1.807, 2.05) is 13.8 Å². The van der Waals surface area contributed by atoms with E-state index in [2.05, 4.69) is 13.8 Å². The predicted octanol–water partition coefficient (Wildman–Crippen LogP) is 5.03. The zero-order chi connectivity index (χ0) is 10.6. The van der Waals surface area contributed by atoms with Crippen LogP contribution in [0.25, 0.3) is 0 Å². The highest BCUT2D eigenvalue weighted by Crippen LogP contribution is 2.54. The maximum atomic E-state index is 2.40. The molecular formula is C14H28. The molecule has 1 unspecified atom stereocenters. The Hall–Kier alpha value is 0. The molecule has 2 rings (SSSR count). The molecule has 0 N–H and O–H groups in total. The van der Waals surface area contributed by atoms with Gasteiger partial charge in [-0.15, -0.1) is 0 Å². The fourth-order valence-corrected chi connectivity index (χ4v) is 3.40. The van der Waals surface area contributed by atoms with Crippen LogP contribution >= 0.6 is 0 Å². The van der Waals surface area contributed by atoms with Crippen molar-refractivity contribution in [3.63, 3.8) is 0 Å². The molecule has 2 fully saturated rings. The molecule has 0 aromatic heterocycles. The minimum atomic E-state index is 0.842. The van der Waals surface area contributed by atoms with Gasteiger partial charge in [0, 0.05) is 0 Å². The van der Waals surface area contributed by atoms with Crippen molar-refractivity contribution in [2.24, 2.45) is 17.3 Å². The van der Waals surface area contributed by atoms with Gasteiger partial charge < -0.3 is 0 Å². The molecule has 0 amide bonds. The summed E-state index contributed by atoms with van der Waals surface area (Å²) in [7, 11) is 0. The highest BCUT2D eigenvalue weighted by molar-refractivity contribution is 4.92. The normalized spacial score (nSPS) is 29.4. The zero-order valence-corrected chi connectivity index (χ0v) is 10.6. The largest absolute Gasteiger partial charge is 0.0683 e. The van der Waals surface area contributed by atoms with Gasteiger partial charge in [-0.25, -0.2) is 0 Å². The molecule has 0 radical (unpaired) electrons. The lowest BCUT2D eigenvalue weighted by atomic mass is 9.82. The summed E-state index contributed by atoms with van der Waals surface area (Å²) in [5.41, 5.74) is 0.842. The first-order chi connectivity index (χ1) is 6.72. The summed E-state index contributed by atoms with van der Waals surface area (Å²) in [6.07, 6.45) is 10.8. The third-order valence-corrected chi connectivity index (χ3v) is 4.35. The third kappa shape index (κ3) is 2.52. The second kappa shape index (κ2) is 5.19. The van der Waals surface area contributed by atoms with Gasteiger partial charge in [0.25, 0.3) is 0 Å². The van der Waals surface area contributed by atoms with E-state index in [9.17, 15) is 0 Å². The molecule has 0 nitrogen and oxygen atoms in total. The fraction of sp³-hybridized carbons (Fsp3) is 1.00. The molecule has 14 heavy (non-hydrogen) atoms. The Bertz CT molecular complexity index is 151. The molecule has 2 saturated carbocycles. The summed E-state index contributed by atoms with van der Waals surface area (Å²) in [5, 5.41) is 0. The van der Waals surface area contributed by atoms with Gasteiger partial charge in [0.1, 0.15) is 0 Å². The van der Waals surface area contributed by atoms with E-state index < -0.39 is 0 Å². The molecule has 0 bridgehead atoms. The second-order valence-electron chi connectivity index (χ2n) is 5.45. The summed E-state index contributed by atoms with van der Waals surface area (Å²) in [5.74, 6) is 1.99. The van der Waals surface area contributed by atoms with Crippen molar-refractivity contribution in [1.29, 1.82) is 0 Å². The quantitative estimate of drug-likeness (QED) is 0.552. The van der Waals surface area contributed by atoms with Crippen LogP contribution < -0.4 is 0 Å². The van der Waals surface area contributed by atoms with Crippen LogP contribution in [0.1, 0.15) is 72.6 Å². The standard InChI is InChI=1S/C12H22.C2H6/c1-10(2)11-5-8-12(9-11)6-3-4-7-12;1-2/h10-11H,3-9H2,1-2H3;1-2H3. The Morgan fingerprint density at radius 2 is 1.57 bits per heavy atom. The number of hydrogen-bond acceptors (Lipinski definition) is 0. The SMILES string of the molecule is CC.CC(C)C1CCC2(CCCC2)C1. The van der Waals surface area contributed by atoms with Crippen LogP contribution in [0.3, 0.4) is 0 Å². The van der Waals surface area contributed by atoms with Gasteiger partial charge >= 0.3 is 0 Å². The van der Waals surface area contributed by atoms with Crippen molar-refractivity contribution in [2.45, 2.75) is 72.6 Å². The van der Waals surface area contributed by atoms with Gasteiger partial charge in [0.2, 0.25) is 0 Å².